The Bertz CT molecular complexity index is 3080. The van der Waals surface area contributed by atoms with Crippen LogP contribution >= 0.6 is 0 Å². The molecule has 0 aliphatic heterocycles. The zero-order valence-electron chi connectivity index (χ0n) is 27.2. The quantitative estimate of drug-likeness (QED) is 0.190. The number of fused-ring (bicyclic) bond motifs is 10. The van der Waals surface area contributed by atoms with Crippen LogP contribution < -0.4 is 0 Å². The van der Waals surface area contributed by atoms with Gasteiger partial charge in [0.25, 0.3) is 0 Å². The largest absolute Gasteiger partial charge is 0.455 e. The second kappa shape index (κ2) is 10.7. The van der Waals surface area contributed by atoms with Gasteiger partial charge in [-0.05, 0) is 42.5 Å². The second-order valence-corrected chi connectivity index (χ2v) is 12.9. The maximum absolute atomic E-state index is 6.57. The van der Waals surface area contributed by atoms with Gasteiger partial charge in [-0.3, -0.25) is 4.57 Å². The van der Waals surface area contributed by atoms with Gasteiger partial charge in [-0.15, -0.1) is 0 Å². The molecule has 0 saturated heterocycles. The van der Waals surface area contributed by atoms with Gasteiger partial charge >= 0.3 is 0 Å². The third-order valence-electron chi connectivity index (χ3n) is 9.98. The standard InChI is InChI=1S/C45H27N5O/c1-3-13-28(14-4-1)43-46-44(29-15-5-2-6-16-29)48-45(47-43)50-36-20-10-7-17-31(36)32-24-23-30(27-39(32)50)49-37-21-11-8-19-35(37)41-38(49)26-25-34-33-18-9-12-22-40(33)51-42(34)41/h1-27H. The molecule has 0 radical (unpaired) electrons. The molecule has 11 rings (SSSR count). The maximum Gasteiger partial charge on any atom is 0.238 e. The van der Waals surface area contributed by atoms with Crippen LogP contribution in [-0.4, -0.2) is 24.1 Å². The Morgan fingerprint density at radius 1 is 0.392 bits per heavy atom. The molecule has 0 saturated carbocycles. The first-order chi connectivity index (χ1) is 25.3. The highest BCUT2D eigenvalue weighted by atomic mass is 16.3. The summed E-state index contributed by atoms with van der Waals surface area (Å²) in [6.07, 6.45) is 0. The number of para-hydroxylation sites is 3. The van der Waals surface area contributed by atoms with E-state index in [-0.39, 0.29) is 0 Å². The minimum atomic E-state index is 0.567. The van der Waals surface area contributed by atoms with Crippen molar-refractivity contribution < 1.29 is 4.42 Å². The SMILES string of the molecule is c1ccc(-c2nc(-c3ccccc3)nc(-n3c4ccccc4c4ccc(-n5c6ccccc6c6c7oc8ccccc8c7ccc65)cc43)n2)cc1. The molecular weight excluding hydrogens is 627 g/mol. The summed E-state index contributed by atoms with van der Waals surface area (Å²) in [5.41, 5.74) is 8.94. The summed E-state index contributed by atoms with van der Waals surface area (Å²) in [7, 11) is 0. The average molecular weight is 654 g/mol. The number of aromatic nitrogens is 5. The third kappa shape index (κ3) is 4.14. The van der Waals surface area contributed by atoms with Crippen molar-refractivity contribution in [3.8, 4) is 34.4 Å². The van der Waals surface area contributed by atoms with Gasteiger partial charge in [0.15, 0.2) is 11.6 Å². The predicted octanol–water partition coefficient (Wildman–Crippen LogP) is 11.3. The van der Waals surface area contributed by atoms with Crippen LogP contribution in [0.1, 0.15) is 0 Å². The van der Waals surface area contributed by atoms with Gasteiger partial charge in [-0.2, -0.15) is 9.97 Å². The Balaban J connectivity index is 1.21. The lowest BCUT2D eigenvalue weighted by atomic mass is 10.1. The van der Waals surface area contributed by atoms with E-state index in [9.17, 15) is 0 Å². The van der Waals surface area contributed by atoms with E-state index >= 15 is 0 Å². The molecule has 6 heteroatoms. The van der Waals surface area contributed by atoms with Crippen LogP contribution in [0.15, 0.2) is 168 Å². The molecule has 6 nitrogen and oxygen atoms in total. The fourth-order valence-corrected chi connectivity index (χ4v) is 7.72. The van der Waals surface area contributed by atoms with Crippen LogP contribution in [0.25, 0.3) is 100.0 Å². The van der Waals surface area contributed by atoms with Crippen molar-refractivity contribution in [3.63, 3.8) is 0 Å². The van der Waals surface area contributed by atoms with Crippen LogP contribution in [0, 0.1) is 0 Å². The molecule has 4 aromatic heterocycles. The fourth-order valence-electron chi connectivity index (χ4n) is 7.72. The van der Waals surface area contributed by atoms with Crippen LogP contribution in [0.4, 0.5) is 0 Å². The van der Waals surface area contributed by atoms with Gasteiger partial charge in [-0.25, -0.2) is 4.98 Å². The van der Waals surface area contributed by atoms with E-state index in [1.807, 2.05) is 72.8 Å². The summed E-state index contributed by atoms with van der Waals surface area (Å²) in [6.45, 7) is 0. The number of rotatable bonds is 4. The number of hydrogen-bond acceptors (Lipinski definition) is 4. The van der Waals surface area contributed by atoms with Crippen LogP contribution in [0.2, 0.25) is 0 Å². The number of furan rings is 1. The molecule has 0 atom stereocenters. The van der Waals surface area contributed by atoms with E-state index in [1.54, 1.807) is 0 Å². The molecule has 51 heavy (non-hydrogen) atoms. The van der Waals surface area contributed by atoms with Crippen molar-refractivity contribution in [2.75, 3.05) is 0 Å². The van der Waals surface area contributed by atoms with Crippen LogP contribution in [0.3, 0.4) is 0 Å². The molecule has 0 aliphatic carbocycles. The smallest absolute Gasteiger partial charge is 0.238 e. The van der Waals surface area contributed by atoms with Crippen molar-refractivity contribution >= 4 is 65.6 Å². The Labute approximate surface area is 291 Å². The first-order valence-corrected chi connectivity index (χ1v) is 17.0. The predicted molar refractivity (Wildman–Crippen MR) is 207 cm³/mol. The summed E-state index contributed by atoms with van der Waals surface area (Å²) >= 11 is 0. The number of benzene rings is 7. The van der Waals surface area contributed by atoms with E-state index in [2.05, 4.69) is 100 Å². The normalized spacial score (nSPS) is 11.9. The second-order valence-electron chi connectivity index (χ2n) is 12.9. The van der Waals surface area contributed by atoms with E-state index in [4.69, 9.17) is 19.4 Å². The minimum absolute atomic E-state index is 0.567. The topological polar surface area (TPSA) is 61.7 Å². The van der Waals surface area contributed by atoms with Crippen molar-refractivity contribution in [2.45, 2.75) is 0 Å². The van der Waals surface area contributed by atoms with Crippen molar-refractivity contribution in [2.24, 2.45) is 0 Å². The van der Waals surface area contributed by atoms with E-state index in [1.165, 1.54) is 0 Å². The molecule has 0 bridgehead atoms. The molecule has 238 valence electrons. The highest BCUT2D eigenvalue weighted by Gasteiger charge is 2.21. The monoisotopic (exact) mass is 653 g/mol. The molecule has 0 amide bonds. The summed E-state index contributed by atoms with van der Waals surface area (Å²) < 4.78 is 11.1. The van der Waals surface area contributed by atoms with Gasteiger partial charge in [-0.1, -0.05) is 121 Å². The molecule has 0 fully saturated rings. The summed E-state index contributed by atoms with van der Waals surface area (Å²) in [6, 6.07) is 56.7. The lowest BCUT2D eigenvalue weighted by molar-refractivity contribution is 0.673. The van der Waals surface area contributed by atoms with Gasteiger partial charge in [0, 0.05) is 43.7 Å². The Morgan fingerprint density at radius 2 is 0.961 bits per heavy atom. The minimum Gasteiger partial charge on any atom is -0.455 e. The Hall–Kier alpha value is -7.05. The highest BCUT2D eigenvalue weighted by Crippen LogP contribution is 2.41. The highest BCUT2D eigenvalue weighted by molar-refractivity contribution is 6.24. The van der Waals surface area contributed by atoms with Crippen LogP contribution in [0.5, 0.6) is 0 Å². The lowest BCUT2D eigenvalue weighted by Gasteiger charge is -2.12. The summed E-state index contributed by atoms with van der Waals surface area (Å²) in [5, 5.41) is 6.76. The van der Waals surface area contributed by atoms with Gasteiger partial charge in [0.05, 0.1) is 27.5 Å². The van der Waals surface area contributed by atoms with Crippen molar-refractivity contribution in [1.29, 1.82) is 0 Å². The molecule has 0 unspecified atom stereocenters. The zero-order valence-corrected chi connectivity index (χ0v) is 27.2. The molecule has 11 aromatic rings. The first-order valence-electron chi connectivity index (χ1n) is 17.0. The fraction of sp³-hybridized carbons (Fsp3) is 0. The Morgan fingerprint density at radius 3 is 1.69 bits per heavy atom. The maximum atomic E-state index is 6.57. The summed E-state index contributed by atoms with van der Waals surface area (Å²) in [4.78, 5) is 15.2. The van der Waals surface area contributed by atoms with Gasteiger partial charge < -0.3 is 8.98 Å². The van der Waals surface area contributed by atoms with Crippen molar-refractivity contribution in [1.82, 2.24) is 24.1 Å². The lowest BCUT2D eigenvalue weighted by Crippen LogP contribution is -2.06. The van der Waals surface area contributed by atoms with E-state index in [0.29, 0.717) is 17.6 Å². The van der Waals surface area contributed by atoms with Crippen LogP contribution in [-0.2, 0) is 0 Å². The average Bonchev–Trinajstić information content (AvgIpc) is 3.86. The van der Waals surface area contributed by atoms with Gasteiger partial charge in [0.1, 0.15) is 11.2 Å². The van der Waals surface area contributed by atoms with E-state index in [0.717, 1.165) is 82.4 Å². The third-order valence-corrected chi connectivity index (χ3v) is 9.98. The van der Waals surface area contributed by atoms with Gasteiger partial charge in [0.2, 0.25) is 5.95 Å². The Kier molecular flexibility index (Phi) is 5.86. The molecule has 0 aliphatic rings. The number of hydrogen-bond donors (Lipinski definition) is 0. The molecule has 4 heterocycles. The number of nitrogens with zero attached hydrogens (tertiary/aromatic N) is 5. The molecular formula is C45H27N5O. The van der Waals surface area contributed by atoms with E-state index < -0.39 is 0 Å². The molecule has 7 aromatic carbocycles. The zero-order chi connectivity index (χ0) is 33.5. The molecule has 0 spiro atoms. The summed E-state index contributed by atoms with van der Waals surface area (Å²) in [5.74, 6) is 1.81. The first kappa shape index (κ1) is 27.9. The molecule has 0 N–H and O–H groups in total. The van der Waals surface area contributed by atoms with Crippen molar-refractivity contribution in [3.05, 3.63) is 164 Å².